The van der Waals surface area contributed by atoms with Crippen LogP contribution in [0.2, 0.25) is 0 Å². The number of piperazine rings is 1. The highest BCUT2D eigenvalue weighted by Crippen LogP contribution is 2.22. The Hall–Kier alpha value is -4.61. The van der Waals surface area contributed by atoms with Crippen LogP contribution in [-0.2, 0) is 29.2 Å². The van der Waals surface area contributed by atoms with Crippen LogP contribution in [-0.4, -0.2) is 70.6 Å². The van der Waals surface area contributed by atoms with Gasteiger partial charge in [-0.25, -0.2) is 14.2 Å². The third-order valence-electron chi connectivity index (χ3n) is 8.19. The Morgan fingerprint density at radius 2 is 1.57 bits per heavy atom. The molecule has 1 aliphatic heterocycles. The molecule has 1 saturated heterocycles. The van der Waals surface area contributed by atoms with E-state index >= 15 is 0 Å². The van der Waals surface area contributed by atoms with Crippen molar-refractivity contribution in [2.24, 2.45) is 5.92 Å². The Morgan fingerprint density at radius 1 is 0.957 bits per heavy atom. The Labute approximate surface area is 273 Å². The Bertz CT molecular complexity index is 1970. The average molecular weight is 661 g/mol. The van der Waals surface area contributed by atoms with Crippen LogP contribution in [0.3, 0.4) is 0 Å². The lowest BCUT2D eigenvalue weighted by atomic mass is 10.1. The molecular weight excluding hydrogens is 625 g/mol. The minimum atomic E-state index is -2.72. The maximum Gasteiger partial charge on any atom is 0.331 e. The zero-order valence-corrected chi connectivity index (χ0v) is 27.1. The molecular formula is C34H35FN5O6S-. The van der Waals surface area contributed by atoms with Crippen molar-refractivity contribution in [1.82, 2.24) is 18.6 Å². The maximum atomic E-state index is 13.4. The smallest absolute Gasteiger partial charge is 0.331 e. The van der Waals surface area contributed by atoms with Crippen LogP contribution in [0, 0.1) is 23.6 Å². The predicted molar refractivity (Wildman–Crippen MR) is 177 cm³/mol. The standard InChI is InChI=1S/C34H36FN5O6S/c1-4-38-30-16-11-25(21-29(30)32(41)39(34(38)44)22-26-7-12-27(35)13-8-26)6-5-24-9-14-28(15-10-24)36-17-19-37(20-18-36)40(47(45)46)31(23(2)3)33(42)43/h7-16,21,23,31H,4,17-20,22H2,1-3H3,(H,42,43)(H,45,46)/p-1. The molecule has 13 heteroatoms. The van der Waals surface area contributed by atoms with E-state index in [0.29, 0.717) is 54.8 Å². The van der Waals surface area contributed by atoms with Gasteiger partial charge in [-0.05, 0) is 73.0 Å². The van der Waals surface area contributed by atoms with Gasteiger partial charge in [0, 0.05) is 60.8 Å². The number of hydrogen-bond donors (Lipinski definition) is 1. The van der Waals surface area contributed by atoms with Crippen molar-refractivity contribution in [2.45, 2.75) is 39.9 Å². The third-order valence-corrected chi connectivity index (χ3v) is 8.95. The van der Waals surface area contributed by atoms with Crippen LogP contribution in [0.25, 0.3) is 10.9 Å². The van der Waals surface area contributed by atoms with E-state index in [1.807, 2.05) is 31.2 Å². The summed E-state index contributed by atoms with van der Waals surface area (Å²) < 4.78 is 41.0. The number of hydrogen-bond acceptors (Lipinski definition) is 7. The van der Waals surface area contributed by atoms with Crippen molar-refractivity contribution in [2.75, 3.05) is 31.1 Å². The molecule has 2 atom stereocenters. The number of aromatic nitrogens is 2. The number of benzene rings is 3. The first kappa shape index (κ1) is 33.7. The molecule has 2 unspecified atom stereocenters. The zero-order valence-electron chi connectivity index (χ0n) is 26.3. The van der Waals surface area contributed by atoms with Crippen LogP contribution >= 0.6 is 0 Å². The maximum absolute atomic E-state index is 13.4. The fourth-order valence-corrected chi connectivity index (χ4v) is 6.64. The van der Waals surface area contributed by atoms with E-state index < -0.39 is 46.3 Å². The van der Waals surface area contributed by atoms with E-state index in [4.69, 9.17) is 0 Å². The number of aliphatic carboxylic acids is 1. The van der Waals surface area contributed by atoms with Crippen LogP contribution in [0.4, 0.5) is 10.1 Å². The quantitative estimate of drug-likeness (QED) is 0.214. The second kappa shape index (κ2) is 14.4. The number of anilines is 1. The fourth-order valence-electron chi connectivity index (χ4n) is 5.77. The highest BCUT2D eigenvalue weighted by molar-refractivity contribution is 7.76. The van der Waals surface area contributed by atoms with Crippen molar-refractivity contribution in [3.05, 3.63) is 110 Å². The molecule has 2 heterocycles. The van der Waals surface area contributed by atoms with Crippen molar-refractivity contribution in [1.29, 1.82) is 0 Å². The average Bonchev–Trinajstić information content (AvgIpc) is 3.05. The monoisotopic (exact) mass is 660 g/mol. The van der Waals surface area contributed by atoms with Crippen molar-refractivity contribution >= 4 is 33.8 Å². The minimum Gasteiger partial charge on any atom is -0.759 e. The Kier molecular flexibility index (Phi) is 10.4. The summed E-state index contributed by atoms with van der Waals surface area (Å²) >= 11 is -2.72. The molecule has 3 aromatic carbocycles. The molecule has 47 heavy (non-hydrogen) atoms. The van der Waals surface area contributed by atoms with Crippen molar-refractivity contribution in [3.63, 3.8) is 0 Å². The molecule has 0 aliphatic carbocycles. The molecule has 246 valence electrons. The molecule has 4 aromatic rings. The summed E-state index contributed by atoms with van der Waals surface area (Å²) in [6.07, 6.45) is 0. The molecule has 1 fully saturated rings. The van der Waals surface area contributed by atoms with E-state index in [1.54, 1.807) is 49.2 Å². The van der Waals surface area contributed by atoms with Gasteiger partial charge in [-0.2, -0.15) is 4.41 Å². The lowest BCUT2D eigenvalue weighted by Crippen LogP contribution is -2.60. The van der Waals surface area contributed by atoms with Crippen LogP contribution < -0.4 is 16.1 Å². The van der Waals surface area contributed by atoms with E-state index in [2.05, 4.69) is 16.7 Å². The summed E-state index contributed by atoms with van der Waals surface area (Å²) in [6, 6.07) is 17.3. The molecule has 11 nitrogen and oxygen atoms in total. The number of carbonyl (C=O) groups is 1. The molecule has 0 amide bonds. The first-order valence-electron chi connectivity index (χ1n) is 15.2. The SMILES string of the molecule is CCn1c(=O)n(Cc2ccc(F)cc2)c(=O)c2cc(C#Cc3ccc(N4CCN(N(C(C(=O)O)C(C)C)S(=O)[O-])CC4)cc3)ccc21. The third kappa shape index (κ3) is 7.36. The molecule has 0 radical (unpaired) electrons. The number of fused-ring (bicyclic) bond motifs is 1. The lowest BCUT2D eigenvalue weighted by molar-refractivity contribution is -0.149. The van der Waals surface area contributed by atoms with Crippen LogP contribution in [0.5, 0.6) is 0 Å². The van der Waals surface area contributed by atoms with Crippen molar-refractivity contribution < 1.29 is 23.1 Å². The van der Waals surface area contributed by atoms with Gasteiger partial charge < -0.3 is 14.6 Å². The summed E-state index contributed by atoms with van der Waals surface area (Å²) in [5.41, 5.74) is 2.54. The number of carboxylic acids is 1. The van der Waals surface area contributed by atoms with Gasteiger partial charge in [0.05, 0.1) is 17.4 Å². The van der Waals surface area contributed by atoms with Crippen molar-refractivity contribution in [3.8, 4) is 11.8 Å². The number of nitrogens with zero attached hydrogens (tertiary/aromatic N) is 5. The van der Waals surface area contributed by atoms with Gasteiger partial charge in [-0.3, -0.25) is 22.9 Å². The molecule has 5 rings (SSSR count). The van der Waals surface area contributed by atoms with Gasteiger partial charge in [0.2, 0.25) is 0 Å². The Morgan fingerprint density at radius 3 is 2.15 bits per heavy atom. The zero-order chi connectivity index (χ0) is 33.8. The summed E-state index contributed by atoms with van der Waals surface area (Å²) in [7, 11) is 0. The van der Waals surface area contributed by atoms with E-state index in [-0.39, 0.29) is 6.54 Å². The van der Waals surface area contributed by atoms with Crippen LogP contribution in [0.15, 0.2) is 76.3 Å². The summed E-state index contributed by atoms with van der Waals surface area (Å²) in [4.78, 5) is 40.5. The van der Waals surface area contributed by atoms with Gasteiger partial charge in [-0.15, -0.1) is 0 Å². The second-order valence-electron chi connectivity index (χ2n) is 11.6. The number of halogens is 1. The molecule has 1 N–H and O–H groups in total. The fraction of sp³-hybridized carbons (Fsp3) is 0.324. The number of rotatable bonds is 9. The van der Waals surface area contributed by atoms with Gasteiger partial charge in [0.15, 0.2) is 0 Å². The van der Waals surface area contributed by atoms with Crippen LogP contribution in [0.1, 0.15) is 37.5 Å². The van der Waals surface area contributed by atoms with Gasteiger partial charge in [0.1, 0.15) is 11.9 Å². The second-order valence-corrected chi connectivity index (χ2v) is 12.4. The summed E-state index contributed by atoms with van der Waals surface area (Å²) in [6.45, 7) is 7.25. The molecule has 1 aromatic heterocycles. The molecule has 0 spiro atoms. The minimum absolute atomic E-state index is 0.0163. The molecule has 0 bridgehead atoms. The largest absolute Gasteiger partial charge is 0.759 e. The van der Waals surface area contributed by atoms with E-state index in [9.17, 15) is 32.6 Å². The first-order valence-corrected chi connectivity index (χ1v) is 16.3. The van der Waals surface area contributed by atoms with E-state index in [1.165, 1.54) is 16.7 Å². The first-order chi connectivity index (χ1) is 22.5. The summed E-state index contributed by atoms with van der Waals surface area (Å²) in [5.74, 6) is 4.23. The number of hydrazine groups is 1. The predicted octanol–water partition coefficient (Wildman–Crippen LogP) is 3.01. The normalized spacial score (nSPS) is 15.1. The highest BCUT2D eigenvalue weighted by Gasteiger charge is 2.35. The summed E-state index contributed by atoms with van der Waals surface area (Å²) in [5, 5.41) is 11.6. The van der Waals surface area contributed by atoms with E-state index in [0.717, 1.165) is 20.2 Å². The number of aryl methyl sites for hydroxylation is 1. The highest BCUT2D eigenvalue weighted by atomic mass is 32.2. The lowest BCUT2D eigenvalue weighted by Gasteiger charge is -2.45. The van der Waals surface area contributed by atoms with Gasteiger partial charge >= 0.3 is 11.7 Å². The van der Waals surface area contributed by atoms with Gasteiger partial charge in [-0.1, -0.05) is 37.8 Å². The number of carboxylic acid groups (broad SMARTS) is 1. The molecule has 0 saturated carbocycles. The Balaban J connectivity index is 1.32. The van der Waals surface area contributed by atoms with Gasteiger partial charge in [0.25, 0.3) is 5.56 Å². The topological polar surface area (TPSA) is 131 Å². The molecule has 1 aliphatic rings.